The van der Waals surface area contributed by atoms with Crippen molar-refractivity contribution in [3.05, 3.63) is 57.0 Å². The maximum Gasteiger partial charge on any atom is 0.259 e. The number of nitrogens with zero attached hydrogens (tertiary/aromatic N) is 3. The molecule has 0 fully saturated rings. The summed E-state index contributed by atoms with van der Waals surface area (Å²) in [5.41, 5.74) is 1.91. The summed E-state index contributed by atoms with van der Waals surface area (Å²) in [7, 11) is 0. The first-order chi connectivity index (χ1) is 13.0. The van der Waals surface area contributed by atoms with Crippen LogP contribution in [0.15, 0.2) is 39.5 Å². The van der Waals surface area contributed by atoms with E-state index in [2.05, 4.69) is 25.5 Å². The molecule has 3 aromatic heterocycles. The Labute approximate surface area is 168 Å². The van der Waals surface area contributed by atoms with Gasteiger partial charge in [0.25, 0.3) is 5.56 Å². The number of H-pyrrole nitrogens is 1. The van der Waals surface area contributed by atoms with E-state index in [4.69, 9.17) is 0 Å². The van der Waals surface area contributed by atoms with Crippen LogP contribution in [-0.2, 0) is 0 Å². The Balaban J connectivity index is 1.53. The zero-order valence-electron chi connectivity index (χ0n) is 14.9. The number of rotatable bonds is 5. The van der Waals surface area contributed by atoms with Gasteiger partial charge >= 0.3 is 0 Å². The van der Waals surface area contributed by atoms with Crippen LogP contribution in [0.2, 0.25) is 0 Å². The van der Waals surface area contributed by atoms with Gasteiger partial charge in [0.15, 0.2) is 4.34 Å². The molecule has 0 aliphatic rings. The number of benzene rings is 1. The highest BCUT2D eigenvalue weighted by Crippen LogP contribution is 2.37. The number of hydrogen-bond donors (Lipinski definition) is 2. The second kappa shape index (κ2) is 7.41. The van der Waals surface area contributed by atoms with Crippen molar-refractivity contribution in [3.8, 4) is 0 Å². The Kier molecular flexibility index (Phi) is 4.98. The van der Waals surface area contributed by atoms with Gasteiger partial charge in [0.2, 0.25) is 5.13 Å². The molecule has 0 amide bonds. The first kappa shape index (κ1) is 18.1. The summed E-state index contributed by atoms with van der Waals surface area (Å²) >= 11 is 4.57. The van der Waals surface area contributed by atoms with Crippen LogP contribution in [-0.4, -0.2) is 20.2 Å². The van der Waals surface area contributed by atoms with Crippen LogP contribution in [0.4, 0.5) is 10.8 Å². The molecule has 3 heterocycles. The highest BCUT2D eigenvalue weighted by atomic mass is 32.2. The number of hydrogen-bond acceptors (Lipinski definition) is 8. The minimum absolute atomic E-state index is 0.0395. The van der Waals surface area contributed by atoms with Gasteiger partial charge in [0, 0.05) is 10.6 Å². The minimum Gasteiger partial charge on any atom is -0.330 e. The Hall–Kier alpha value is -2.23. The number of nitrogens with one attached hydrogen (secondary N) is 2. The van der Waals surface area contributed by atoms with Gasteiger partial charge in [-0.15, -0.1) is 21.5 Å². The predicted molar refractivity (Wildman–Crippen MR) is 114 cm³/mol. The molecule has 6 nitrogen and oxygen atoms in total. The van der Waals surface area contributed by atoms with Crippen LogP contribution >= 0.6 is 34.4 Å². The van der Waals surface area contributed by atoms with E-state index in [1.807, 2.05) is 51.1 Å². The Morgan fingerprint density at radius 3 is 2.70 bits per heavy atom. The highest BCUT2D eigenvalue weighted by molar-refractivity contribution is 8.01. The molecule has 138 valence electrons. The lowest BCUT2D eigenvalue weighted by molar-refractivity contribution is 0.919. The molecule has 0 aliphatic carbocycles. The van der Waals surface area contributed by atoms with Crippen molar-refractivity contribution in [3.63, 3.8) is 0 Å². The van der Waals surface area contributed by atoms with Gasteiger partial charge < -0.3 is 10.3 Å². The van der Waals surface area contributed by atoms with Gasteiger partial charge in [-0.3, -0.25) is 4.79 Å². The van der Waals surface area contributed by atoms with Gasteiger partial charge in [0.05, 0.1) is 10.6 Å². The Bertz CT molecular complexity index is 1150. The van der Waals surface area contributed by atoms with Crippen LogP contribution in [0.1, 0.15) is 28.4 Å². The molecule has 0 radical (unpaired) electrons. The molecule has 0 bridgehead atoms. The van der Waals surface area contributed by atoms with Gasteiger partial charge in [-0.1, -0.05) is 41.3 Å². The standard InChI is InChI=1S/C18H17N5OS3/c1-9-10(2)25-16-13(9)15(24)20-14(21-16)11(3)26-18-23-22-17(27-18)19-12-7-5-4-6-8-12/h4-8,11H,1-3H3,(H,19,22)(H,20,21,24)/t11-/m1/s1. The van der Waals surface area contributed by atoms with Crippen LogP contribution < -0.4 is 10.9 Å². The summed E-state index contributed by atoms with van der Waals surface area (Å²) in [6, 6.07) is 9.85. The lowest BCUT2D eigenvalue weighted by Crippen LogP contribution is -2.12. The van der Waals surface area contributed by atoms with Crippen LogP contribution in [0, 0.1) is 13.8 Å². The fraction of sp³-hybridized carbons (Fsp3) is 0.222. The van der Waals surface area contributed by atoms with E-state index in [-0.39, 0.29) is 10.8 Å². The van der Waals surface area contributed by atoms with Crippen LogP contribution in [0.3, 0.4) is 0 Å². The zero-order valence-corrected chi connectivity index (χ0v) is 17.4. The lowest BCUT2D eigenvalue weighted by atomic mass is 10.2. The van der Waals surface area contributed by atoms with E-state index in [1.54, 1.807) is 11.3 Å². The number of thioether (sulfide) groups is 1. The molecule has 1 atom stereocenters. The summed E-state index contributed by atoms with van der Waals surface area (Å²) in [5.74, 6) is 0.659. The van der Waals surface area contributed by atoms with Crippen molar-refractivity contribution >= 4 is 55.5 Å². The number of fused-ring (bicyclic) bond motifs is 1. The van der Waals surface area contributed by atoms with E-state index in [9.17, 15) is 4.79 Å². The number of thiophene rings is 1. The fourth-order valence-electron chi connectivity index (χ4n) is 2.62. The molecule has 4 aromatic rings. The third kappa shape index (κ3) is 3.76. The van der Waals surface area contributed by atoms with Crippen molar-refractivity contribution in [1.82, 2.24) is 20.2 Å². The first-order valence-electron chi connectivity index (χ1n) is 8.33. The van der Waals surface area contributed by atoms with E-state index >= 15 is 0 Å². The van der Waals surface area contributed by atoms with E-state index < -0.39 is 0 Å². The van der Waals surface area contributed by atoms with E-state index in [0.29, 0.717) is 11.2 Å². The van der Waals surface area contributed by atoms with Crippen LogP contribution in [0.25, 0.3) is 10.2 Å². The molecule has 9 heteroatoms. The van der Waals surface area contributed by atoms with Gasteiger partial charge in [0.1, 0.15) is 10.7 Å². The zero-order chi connectivity index (χ0) is 19.0. The number of aromatic amines is 1. The largest absolute Gasteiger partial charge is 0.330 e. The third-order valence-corrected chi connectivity index (χ3v) is 7.28. The van der Waals surface area contributed by atoms with Gasteiger partial charge in [-0.05, 0) is 38.5 Å². The number of aromatic nitrogens is 4. The molecule has 0 aliphatic heterocycles. The molecule has 0 saturated carbocycles. The molecule has 0 saturated heterocycles. The average molecular weight is 416 g/mol. The normalized spacial score (nSPS) is 12.4. The van der Waals surface area contributed by atoms with Gasteiger partial charge in [-0.2, -0.15) is 0 Å². The highest BCUT2D eigenvalue weighted by Gasteiger charge is 2.18. The second-order valence-corrected chi connectivity index (χ2v) is 9.81. The fourth-order valence-corrected chi connectivity index (χ4v) is 5.63. The lowest BCUT2D eigenvalue weighted by Gasteiger charge is -2.07. The molecule has 2 N–H and O–H groups in total. The summed E-state index contributed by atoms with van der Waals surface area (Å²) < 4.78 is 0.821. The third-order valence-electron chi connectivity index (χ3n) is 4.15. The molecule has 0 unspecified atom stereocenters. The Morgan fingerprint density at radius 2 is 1.93 bits per heavy atom. The summed E-state index contributed by atoms with van der Waals surface area (Å²) in [6.07, 6.45) is 0. The number of anilines is 2. The topological polar surface area (TPSA) is 83.6 Å². The van der Waals surface area contributed by atoms with Gasteiger partial charge in [-0.25, -0.2) is 4.98 Å². The molecular weight excluding hydrogens is 398 g/mol. The second-order valence-electron chi connectivity index (χ2n) is 6.04. The first-order valence-corrected chi connectivity index (χ1v) is 10.8. The van der Waals surface area contributed by atoms with E-state index in [1.165, 1.54) is 23.1 Å². The maximum atomic E-state index is 12.5. The number of aryl methyl sites for hydroxylation is 2. The summed E-state index contributed by atoms with van der Waals surface area (Å²) in [6.45, 7) is 5.99. The SMILES string of the molecule is Cc1sc2nc([C@@H](C)Sc3nnc(Nc4ccccc4)s3)[nH]c(=O)c2c1C. The van der Waals surface area contributed by atoms with Crippen molar-refractivity contribution in [2.45, 2.75) is 30.4 Å². The maximum absolute atomic E-state index is 12.5. The smallest absolute Gasteiger partial charge is 0.259 e. The van der Waals surface area contributed by atoms with Crippen molar-refractivity contribution < 1.29 is 0 Å². The molecule has 0 spiro atoms. The van der Waals surface area contributed by atoms with Crippen molar-refractivity contribution in [1.29, 1.82) is 0 Å². The molecule has 27 heavy (non-hydrogen) atoms. The minimum atomic E-state index is -0.0759. The quantitative estimate of drug-likeness (QED) is 0.444. The van der Waals surface area contributed by atoms with Crippen LogP contribution in [0.5, 0.6) is 0 Å². The monoisotopic (exact) mass is 415 g/mol. The molecular formula is C18H17N5OS3. The summed E-state index contributed by atoms with van der Waals surface area (Å²) in [4.78, 5) is 22.0. The Morgan fingerprint density at radius 1 is 1.15 bits per heavy atom. The molecule has 1 aromatic carbocycles. The number of para-hydroxylation sites is 1. The summed E-state index contributed by atoms with van der Waals surface area (Å²) in [5, 5.41) is 13.1. The van der Waals surface area contributed by atoms with Crippen molar-refractivity contribution in [2.24, 2.45) is 0 Å². The van der Waals surface area contributed by atoms with Crippen molar-refractivity contribution in [2.75, 3.05) is 5.32 Å². The molecule has 4 rings (SSSR count). The van der Waals surface area contributed by atoms with E-state index in [0.717, 1.165) is 30.4 Å². The average Bonchev–Trinajstić information content (AvgIpc) is 3.20. The predicted octanol–water partition coefficient (Wildman–Crippen LogP) is 5.05.